The van der Waals surface area contributed by atoms with Gasteiger partial charge in [0.25, 0.3) is 0 Å². The smallest absolute Gasteiger partial charge is 0.0595 e. The number of thiophene rings is 1. The zero-order valence-corrected chi connectivity index (χ0v) is 9.63. The Balaban J connectivity index is 2.13. The first-order valence-electron chi connectivity index (χ1n) is 5.58. The number of fused-ring (bicyclic) bond motifs is 5. The van der Waals surface area contributed by atoms with E-state index in [1.807, 2.05) is 11.3 Å². The van der Waals surface area contributed by atoms with E-state index in [0.717, 1.165) is 6.54 Å². The molecule has 0 bridgehead atoms. The fraction of sp³-hybridized carbons (Fsp3) is 0.143. The van der Waals surface area contributed by atoms with Crippen LogP contribution in [-0.4, -0.2) is 4.57 Å². The number of hydrogen-bond donors (Lipinski definition) is 0. The first-order chi connectivity index (χ1) is 7.93. The molecular formula is C14H11NS. The van der Waals surface area contributed by atoms with Gasteiger partial charge < -0.3 is 4.57 Å². The molecule has 0 saturated carbocycles. The molecule has 16 heavy (non-hydrogen) atoms. The van der Waals surface area contributed by atoms with Crippen molar-refractivity contribution >= 4 is 22.2 Å². The number of hydrogen-bond acceptors (Lipinski definition) is 1. The molecular weight excluding hydrogens is 214 g/mol. The van der Waals surface area contributed by atoms with Crippen LogP contribution in [0.3, 0.4) is 0 Å². The van der Waals surface area contributed by atoms with Gasteiger partial charge in [-0.25, -0.2) is 0 Å². The number of aryl methyl sites for hydroxylation is 2. The van der Waals surface area contributed by atoms with Crippen molar-refractivity contribution in [1.82, 2.24) is 4.57 Å². The van der Waals surface area contributed by atoms with Crippen molar-refractivity contribution in [3.8, 4) is 10.6 Å². The monoisotopic (exact) mass is 225 g/mol. The van der Waals surface area contributed by atoms with Gasteiger partial charge in [0, 0.05) is 17.4 Å². The van der Waals surface area contributed by atoms with Crippen LogP contribution in [0.25, 0.3) is 21.5 Å². The van der Waals surface area contributed by atoms with Crippen molar-refractivity contribution < 1.29 is 0 Å². The van der Waals surface area contributed by atoms with Crippen LogP contribution >= 0.6 is 11.3 Å². The molecule has 3 heterocycles. The van der Waals surface area contributed by atoms with E-state index in [2.05, 4.69) is 46.3 Å². The number of para-hydroxylation sites is 1. The molecule has 0 fully saturated rings. The van der Waals surface area contributed by atoms with Crippen LogP contribution in [0.2, 0.25) is 0 Å². The Morgan fingerprint density at radius 1 is 1.12 bits per heavy atom. The van der Waals surface area contributed by atoms with Gasteiger partial charge in [-0.3, -0.25) is 0 Å². The Bertz CT molecular complexity index is 675. The molecule has 0 saturated heterocycles. The maximum absolute atomic E-state index is 2.45. The maximum Gasteiger partial charge on any atom is 0.0595 e. The molecule has 0 unspecified atom stereocenters. The van der Waals surface area contributed by atoms with Gasteiger partial charge in [0.1, 0.15) is 0 Å². The Hall–Kier alpha value is -1.54. The molecule has 0 aliphatic carbocycles. The molecule has 0 N–H and O–H groups in total. The molecule has 1 nitrogen and oxygen atoms in total. The van der Waals surface area contributed by atoms with Crippen LogP contribution in [0.4, 0.5) is 0 Å². The second-order valence-electron chi connectivity index (χ2n) is 4.26. The molecule has 78 valence electrons. The predicted molar refractivity (Wildman–Crippen MR) is 69.0 cm³/mol. The van der Waals surface area contributed by atoms with E-state index in [9.17, 15) is 0 Å². The molecule has 4 rings (SSSR count). The summed E-state index contributed by atoms with van der Waals surface area (Å²) >= 11 is 1.86. The van der Waals surface area contributed by atoms with Crippen molar-refractivity contribution in [1.29, 1.82) is 0 Å². The van der Waals surface area contributed by atoms with E-state index in [1.54, 1.807) is 0 Å². The number of nitrogens with zero attached hydrogens (tertiary/aromatic N) is 1. The summed E-state index contributed by atoms with van der Waals surface area (Å²) in [6, 6.07) is 13.2. The van der Waals surface area contributed by atoms with Crippen molar-refractivity contribution in [2.75, 3.05) is 0 Å². The topological polar surface area (TPSA) is 4.93 Å². The summed E-state index contributed by atoms with van der Waals surface area (Å²) in [6.07, 6.45) is 1.17. The summed E-state index contributed by atoms with van der Waals surface area (Å²) < 4.78 is 2.45. The molecule has 0 amide bonds. The van der Waals surface area contributed by atoms with E-state index < -0.39 is 0 Å². The van der Waals surface area contributed by atoms with Crippen LogP contribution in [0, 0.1) is 0 Å². The molecule has 3 aromatic rings. The summed E-state index contributed by atoms with van der Waals surface area (Å²) in [4.78, 5) is 1.46. The van der Waals surface area contributed by atoms with Crippen LogP contribution < -0.4 is 0 Å². The van der Waals surface area contributed by atoms with Gasteiger partial charge in [0.15, 0.2) is 0 Å². The Kier molecular flexibility index (Phi) is 1.60. The van der Waals surface area contributed by atoms with E-state index in [4.69, 9.17) is 0 Å². The van der Waals surface area contributed by atoms with Gasteiger partial charge >= 0.3 is 0 Å². The zero-order valence-electron chi connectivity index (χ0n) is 8.81. The number of rotatable bonds is 0. The van der Waals surface area contributed by atoms with Gasteiger partial charge in [0.2, 0.25) is 0 Å². The standard InChI is InChI=1S/C14H11NS/c1-2-4-12-11(3-1)9-13-14-10(6-8-16-14)5-7-15(12)13/h1-4,6,8-9H,5,7H2. The second-order valence-corrected chi connectivity index (χ2v) is 5.18. The van der Waals surface area contributed by atoms with Gasteiger partial charge in [-0.15, -0.1) is 11.3 Å². The minimum Gasteiger partial charge on any atom is -0.339 e. The fourth-order valence-corrected chi connectivity index (χ4v) is 3.61. The van der Waals surface area contributed by atoms with Crippen LogP contribution in [0.1, 0.15) is 5.56 Å². The summed E-state index contributed by atoms with van der Waals surface area (Å²) in [5.41, 5.74) is 4.29. The predicted octanol–water partition coefficient (Wildman–Crippen LogP) is 3.93. The SMILES string of the molecule is c1ccc2c(c1)cc1n2CCc2ccsc2-1. The highest BCUT2D eigenvalue weighted by Crippen LogP contribution is 2.37. The molecule has 0 radical (unpaired) electrons. The number of benzene rings is 1. The Labute approximate surface area is 98.0 Å². The highest BCUT2D eigenvalue weighted by Gasteiger charge is 2.18. The summed E-state index contributed by atoms with van der Waals surface area (Å²) in [5, 5.41) is 3.57. The molecule has 2 aromatic heterocycles. The molecule has 1 aliphatic rings. The first kappa shape index (κ1) is 8.59. The molecule has 0 atom stereocenters. The van der Waals surface area contributed by atoms with E-state index in [1.165, 1.54) is 33.5 Å². The van der Waals surface area contributed by atoms with E-state index >= 15 is 0 Å². The molecule has 1 aliphatic heterocycles. The lowest BCUT2D eigenvalue weighted by molar-refractivity contribution is 0.714. The van der Waals surface area contributed by atoms with Gasteiger partial charge in [0.05, 0.1) is 10.6 Å². The Morgan fingerprint density at radius 3 is 3.06 bits per heavy atom. The summed E-state index contributed by atoms with van der Waals surface area (Å²) in [7, 11) is 0. The lowest BCUT2D eigenvalue weighted by Crippen LogP contribution is -2.07. The van der Waals surface area contributed by atoms with Gasteiger partial charge in [-0.2, -0.15) is 0 Å². The van der Waals surface area contributed by atoms with Crippen LogP contribution in [-0.2, 0) is 13.0 Å². The van der Waals surface area contributed by atoms with Crippen molar-refractivity contribution in [2.24, 2.45) is 0 Å². The van der Waals surface area contributed by atoms with Gasteiger partial charge in [-0.1, -0.05) is 18.2 Å². The van der Waals surface area contributed by atoms with Crippen LogP contribution in [0.15, 0.2) is 41.8 Å². The lowest BCUT2D eigenvalue weighted by Gasteiger charge is -2.16. The zero-order chi connectivity index (χ0) is 10.5. The van der Waals surface area contributed by atoms with E-state index in [0.29, 0.717) is 0 Å². The third kappa shape index (κ3) is 1.000. The van der Waals surface area contributed by atoms with E-state index in [-0.39, 0.29) is 0 Å². The summed E-state index contributed by atoms with van der Waals surface area (Å²) in [6.45, 7) is 1.12. The molecule has 1 aromatic carbocycles. The minimum atomic E-state index is 1.12. The lowest BCUT2D eigenvalue weighted by atomic mass is 10.1. The van der Waals surface area contributed by atoms with Gasteiger partial charge in [-0.05, 0) is 35.6 Å². The average molecular weight is 225 g/mol. The van der Waals surface area contributed by atoms with Crippen molar-refractivity contribution in [2.45, 2.75) is 13.0 Å². The summed E-state index contributed by atoms with van der Waals surface area (Å²) in [5.74, 6) is 0. The van der Waals surface area contributed by atoms with Crippen LogP contribution in [0.5, 0.6) is 0 Å². The third-order valence-electron chi connectivity index (χ3n) is 3.39. The van der Waals surface area contributed by atoms with Crippen molar-refractivity contribution in [3.63, 3.8) is 0 Å². The highest BCUT2D eigenvalue weighted by atomic mass is 32.1. The number of aromatic nitrogens is 1. The van der Waals surface area contributed by atoms with Crippen molar-refractivity contribution in [3.05, 3.63) is 47.3 Å². The Morgan fingerprint density at radius 2 is 2.06 bits per heavy atom. The normalized spacial score (nSPS) is 13.8. The minimum absolute atomic E-state index is 1.12. The largest absolute Gasteiger partial charge is 0.339 e. The molecule has 2 heteroatoms. The quantitative estimate of drug-likeness (QED) is 0.546. The first-order valence-corrected chi connectivity index (χ1v) is 6.46. The second kappa shape index (κ2) is 2.98. The maximum atomic E-state index is 2.45. The average Bonchev–Trinajstić information content (AvgIpc) is 2.92. The molecule has 0 spiro atoms. The highest BCUT2D eigenvalue weighted by molar-refractivity contribution is 7.13. The fourth-order valence-electron chi connectivity index (χ4n) is 2.63. The third-order valence-corrected chi connectivity index (χ3v) is 4.37.